The van der Waals surface area contributed by atoms with E-state index in [1.54, 1.807) is 0 Å². The number of carbonyl (C=O) groups is 1. The van der Waals surface area contributed by atoms with Crippen LogP contribution in [0.25, 0.3) is 0 Å². The number of quaternary nitrogens is 1. The van der Waals surface area contributed by atoms with Gasteiger partial charge in [-0.25, -0.2) is 0 Å². The minimum absolute atomic E-state index is 0.972. The maximum atomic E-state index is 8.89. The molecular weight excluding hydrogens is 358 g/mol. The predicted molar refractivity (Wildman–Crippen MR) is 126 cm³/mol. The Bertz CT molecular complexity index is 268. The van der Waals surface area contributed by atoms with E-state index in [4.69, 9.17) is 9.90 Å². The molecule has 0 aromatic carbocycles. The average Bonchev–Trinajstić information content (AvgIpc) is 2.69. The van der Waals surface area contributed by atoms with Crippen molar-refractivity contribution in [2.75, 3.05) is 6.54 Å². The van der Waals surface area contributed by atoms with Gasteiger partial charge in [0.15, 0.2) is 0 Å². The minimum atomic E-state index is -1.08. The molecule has 0 amide bonds. The maximum Gasteiger partial charge on any atom is 0.0739 e. The van der Waals surface area contributed by atoms with Crippen molar-refractivity contribution in [1.29, 1.82) is 0 Å². The quantitative estimate of drug-likeness (QED) is 0.203. The van der Waals surface area contributed by atoms with E-state index >= 15 is 0 Å². The Morgan fingerprint density at radius 1 is 0.517 bits per heavy atom. The first-order valence-electron chi connectivity index (χ1n) is 13.1. The van der Waals surface area contributed by atoms with Gasteiger partial charge in [0.05, 0.1) is 6.54 Å². The highest BCUT2D eigenvalue weighted by Crippen LogP contribution is 2.15. The Morgan fingerprint density at radius 3 is 0.862 bits per heavy atom. The first-order valence-corrected chi connectivity index (χ1v) is 13.1. The largest absolute Gasteiger partial charge is 0.550 e. The van der Waals surface area contributed by atoms with Gasteiger partial charge in [-0.15, -0.1) is 0 Å². The Morgan fingerprint density at radius 2 is 0.690 bits per heavy atom. The highest BCUT2D eigenvalue weighted by molar-refractivity contribution is 5.60. The molecule has 0 aliphatic rings. The normalized spacial score (nSPS) is 10.6. The fraction of sp³-hybridized carbons (Fsp3) is 0.962. The highest BCUT2D eigenvalue weighted by atomic mass is 16.4. The lowest BCUT2D eigenvalue weighted by molar-refractivity contribution is -0.368. The monoisotopic (exact) mass is 413 g/mol. The number of carboxylic acids is 1. The average molecular weight is 414 g/mol. The van der Waals surface area contributed by atoms with E-state index in [1.807, 2.05) is 0 Å². The van der Waals surface area contributed by atoms with Crippen LogP contribution in [0.1, 0.15) is 155 Å². The van der Waals surface area contributed by atoms with Crippen LogP contribution in [0.5, 0.6) is 0 Å². The SMILES string of the molecule is CC(=O)[O-].CCCCCCCCCCCCCCCCCCCCCCCC[NH3+]. The maximum absolute atomic E-state index is 8.89. The molecule has 0 bridgehead atoms. The molecule has 3 heteroatoms. The van der Waals surface area contributed by atoms with Gasteiger partial charge in [-0.05, 0) is 19.8 Å². The molecule has 0 aliphatic heterocycles. The fourth-order valence-corrected chi connectivity index (χ4v) is 3.79. The van der Waals surface area contributed by atoms with Crippen LogP contribution in [-0.2, 0) is 4.79 Å². The number of hydrogen-bond donors (Lipinski definition) is 1. The predicted octanol–water partition coefficient (Wildman–Crippen LogP) is 6.59. The fourth-order valence-electron chi connectivity index (χ4n) is 3.79. The summed E-state index contributed by atoms with van der Waals surface area (Å²) in [6.45, 7) is 4.40. The lowest BCUT2D eigenvalue weighted by atomic mass is 10.0. The molecule has 0 aromatic rings. The van der Waals surface area contributed by atoms with E-state index in [9.17, 15) is 0 Å². The van der Waals surface area contributed by atoms with Gasteiger partial charge in [0.2, 0.25) is 0 Å². The molecule has 0 aromatic heterocycles. The Kier molecular flexibility index (Phi) is 31.3. The summed E-state index contributed by atoms with van der Waals surface area (Å²) >= 11 is 0. The van der Waals surface area contributed by atoms with Crippen molar-refractivity contribution in [3.63, 3.8) is 0 Å². The summed E-state index contributed by atoms with van der Waals surface area (Å²) in [6.07, 6.45) is 32.2. The summed E-state index contributed by atoms with van der Waals surface area (Å²) in [6, 6.07) is 0. The van der Waals surface area contributed by atoms with E-state index in [0.717, 1.165) is 13.5 Å². The van der Waals surface area contributed by atoms with Crippen molar-refractivity contribution in [2.24, 2.45) is 0 Å². The molecule has 0 fully saturated rings. The second-order valence-electron chi connectivity index (χ2n) is 8.77. The molecule has 0 saturated heterocycles. The van der Waals surface area contributed by atoms with E-state index in [2.05, 4.69) is 12.7 Å². The molecule has 3 N–H and O–H groups in total. The third-order valence-corrected chi connectivity index (χ3v) is 5.60. The second-order valence-corrected chi connectivity index (χ2v) is 8.77. The molecule has 0 heterocycles. The van der Waals surface area contributed by atoms with Crippen LogP contribution in [0.15, 0.2) is 0 Å². The number of carbonyl (C=O) groups excluding carboxylic acids is 1. The van der Waals surface area contributed by atoms with Gasteiger partial charge in [-0.1, -0.05) is 135 Å². The van der Waals surface area contributed by atoms with Crippen LogP contribution in [0.4, 0.5) is 0 Å². The lowest BCUT2D eigenvalue weighted by Crippen LogP contribution is -2.50. The third-order valence-electron chi connectivity index (χ3n) is 5.60. The summed E-state index contributed by atoms with van der Waals surface area (Å²) in [5, 5.41) is 8.89. The zero-order valence-corrected chi connectivity index (χ0v) is 20.3. The van der Waals surface area contributed by atoms with Gasteiger partial charge < -0.3 is 15.6 Å². The van der Waals surface area contributed by atoms with Crippen LogP contribution in [0.2, 0.25) is 0 Å². The smallest absolute Gasteiger partial charge is 0.0739 e. The molecule has 0 aliphatic carbocycles. The number of rotatable bonds is 22. The van der Waals surface area contributed by atoms with Crippen molar-refractivity contribution in [3.8, 4) is 0 Å². The topological polar surface area (TPSA) is 67.8 Å². The standard InChI is InChI=1S/C24H51N.C2H4O2/c1-2-3-4-5-6-7-8-9-10-11-12-13-14-15-16-17-18-19-20-21-22-23-24-25;1-2(3)4/h2-25H2,1H3;1H3,(H,3,4). The molecule has 3 nitrogen and oxygen atoms in total. The molecule has 0 rings (SSSR count). The summed E-state index contributed by atoms with van der Waals surface area (Å²) in [4.78, 5) is 8.89. The number of unbranched alkanes of at least 4 members (excludes halogenated alkanes) is 21. The van der Waals surface area contributed by atoms with Gasteiger partial charge in [0, 0.05) is 5.97 Å². The van der Waals surface area contributed by atoms with Gasteiger partial charge >= 0.3 is 0 Å². The number of aliphatic carboxylic acids is 1. The Hall–Kier alpha value is -0.570. The first-order chi connectivity index (χ1) is 14.1. The number of hydrogen-bond acceptors (Lipinski definition) is 2. The van der Waals surface area contributed by atoms with Crippen LogP contribution < -0.4 is 10.8 Å². The van der Waals surface area contributed by atoms with Gasteiger partial charge in [-0.2, -0.15) is 0 Å². The Labute approximate surface area is 183 Å². The molecule has 29 heavy (non-hydrogen) atoms. The highest BCUT2D eigenvalue weighted by Gasteiger charge is 1.95. The summed E-state index contributed by atoms with van der Waals surface area (Å²) < 4.78 is 0. The lowest BCUT2D eigenvalue weighted by Gasteiger charge is -2.04. The third kappa shape index (κ3) is 38.6. The van der Waals surface area contributed by atoms with E-state index < -0.39 is 5.97 Å². The zero-order chi connectivity index (χ0) is 21.8. The van der Waals surface area contributed by atoms with Crippen molar-refractivity contribution < 1.29 is 15.6 Å². The van der Waals surface area contributed by atoms with Crippen LogP contribution in [0, 0.1) is 0 Å². The van der Waals surface area contributed by atoms with Crippen molar-refractivity contribution >= 4 is 5.97 Å². The summed E-state index contributed by atoms with van der Waals surface area (Å²) in [7, 11) is 0. The van der Waals surface area contributed by atoms with E-state index in [1.165, 1.54) is 141 Å². The molecule has 0 unspecified atom stereocenters. The number of carboxylic acid groups (broad SMARTS) is 1. The van der Waals surface area contributed by atoms with Crippen molar-refractivity contribution in [2.45, 2.75) is 155 Å². The minimum Gasteiger partial charge on any atom is -0.550 e. The molecule has 0 saturated carbocycles. The molecule has 0 radical (unpaired) electrons. The van der Waals surface area contributed by atoms with E-state index in [0.29, 0.717) is 0 Å². The van der Waals surface area contributed by atoms with Crippen molar-refractivity contribution in [1.82, 2.24) is 0 Å². The Balaban J connectivity index is 0. The molecule has 0 atom stereocenters. The van der Waals surface area contributed by atoms with Crippen LogP contribution in [0.3, 0.4) is 0 Å². The van der Waals surface area contributed by atoms with Crippen LogP contribution >= 0.6 is 0 Å². The summed E-state index contributed by atoms with van der Waals surface area (Å²) in [5.74, 6) is -1.08. The van der Waals surface area contributed by atoms with Gasteiger partial charge in [0.1, 0.15) is 0 Å². The molecular formula is C26H55NO2. The summed E-state index contributed by atoms with van der Waals surface area (Å²) in [5.41, 5.74) is 3.91. The van der Waals surface area contributed by atoms with E-state index in [-0.39, 0.29) is 0 Å². The molecule has 176 valence electrons. The zero-order valence-electron chi connectivity index (χ0n) is 20.3. The molecule has 0 spiro atoms. The van der Waals surface area contributed by atoms with Gasteiger partial charge in [0.25, 0.3) is 0 Å². The second kappa shape index (κ2) is 29.6. The van der Waals surface area contributed by atoms with Gasteiger partial charge in [-0.3, -0.25) is 0 Å². The first kappa shape index (κ1) is 30.6. The van der Waals surface area contributed by atoms with Crippen molar-refractivity contribution in [3.05, 3.63) is 0 Å². The van der Waals surface area contributed by atoms with Crippen LogP contribution in [-0.4, -0.2) is 12.5 Å².